The molecule has 1 aromatic carbocycles. The van der Waals surface area contributed by atoms with Gasteiger partial charge in [0.05, 0.1) is 24.9 Å². The second-order valence-electron chi connectivity index (χ2n) is 6.37. The summed E-state index contributed by atoms with van der Waals surface area (Å²) in [7, 11) is 1.72. The summed E-state index contributed by atoms with van der Waals surface area (Å²) < 4.78 is 5.67. The fraction of sp³-hybridized carbons (Fsp3) is 0.389. The predicted octanol–water partition coefficient (Wildman–Crippen LogP) is 0.934. The molecule has 1 aliphatic heterocycles. The second kappa shape index (κ2) is 8.11. The van der Waals surface area contributed by atoms with Gasteiger partial charge < -0.3 is 14.7 Å². The van der Waals surface area contributed by atoms with Gasteiger partial charge in [0.15, 0.2) is 0 Å². The van der Waals surface area contributed by atoms with Crippen LogP contribution in [0.3, 0.4) is 0 Å². The summed E-state index contributed by atoms with van der Waals surface area (Å²) in [5.74, 6) is -1.02. The van der Waals surface area contributed by atoms with E-state index in [-0.39, 0.29) is 18.6 Å². The molecule has 1 aliphatic rings. The zero-order chi connectivity index (χ0) is 18.5. The first kappa shape index (κ1) is 18.1. The van der Waals surface area contributed by atoms with Crippen molar-refractivity contribution in [2.24, 2.45) is 0 Å². The van der Waals surface area contributed by atoms with Crippen LogP contribution in [0, 0.1) is 0 Å². The molecule has 0 bridgehead atoms. The Morgan fingerprint density at radius 2 is 2.15 bits per heavy atom. The van der Waals surface area contributed by atoms with E-state index in [1.165, 1.54) is 0 Å². The fourth-order valence-corrected chi connectivity index (χ4v) is 3.02. The first-order valence-corrected chi connectivity index (χ1v) is 8.45. The van der Waals surface area contributed by atoms with Crippen LogP contribution in [0.5, 0.6) is 0 Å². The number of benzene rings is 1. The van der Waals surface area contributed by atoms with Crippen LogP contribution in [0.25, 0.3) is 11.3 Å². The minimum Gasteiger partial charge on any atom is -0.480 e. The monoisotopic (exact) mass is 358 g/mol. The predicted molar refractivity (Wildman–Crippen MR) is 94.8 cm³/mol. The third kappa shape index (κ3) is 4.47. The summed E-state index contributed by atoms with van der Waals surface area (Å²) in [5, 5.41) is 15.9. The number of aliphatic carboxylic acids is 1. The smallest absolute Gasteiger partial charge is 0.317 e. The Balaban J connectivity index is 1.62. The van der Waals surface area contributed by atoms with Crippen LogP contribution >= 0.6 is 0 Å². The molecule has 1 atom stereocenters. The molecule has 0 spiro atoms. The largest absolute Gasteiger partial charge is 0.480 e. The molecule has 26 heavy (non-hydrogen) atoms. The van der Waals surface area contributed by atoms with Crippen LogP contribution < -0.4 is 0 Å². The first-order chi connectivity index (χ1) is 12.5. The molecule has 1 fully saturated rings. The number of carboxylic acids is 1. The van der Waals surface area contributed by atoms with Crippen LogP contribution in [0.15, 0.2) is 36.4 Å². The lowest BCUT2D eigenvalue weighted by Crippen LogP contribution is -2.49. The number of H-pyrrole nitrogens is 1. The van der Waals surface area contributed by atoms with E-state index >= 15 is 0 Å². The van der Waals surface area contributed by atoms with Gasteiger partial charge in [-0.1, -0.05) is 30.3 Å². The van der Waals surface area contributed by atoms with Crippen molar-refractivity contribution in [3.8, 4) is 11.3 Å². The highest BCUT2D eigenvalue weighted by Gasteiger charge is 2.27. The summed E-state index contributed by atoms with van der Waals surface area (Å²) in [6.07, 6.45) is -0.214. The van der Waals surface area contributed by atoms with Gasteiger partial charge in [-0.3, -0.25) is 19.6 Å². The van der Waals surface area contributed by atoms with Gasteiger partial charge in [-0.15, -0.1) is 0 Å². The van der Waals surface area contributed by atoms with Gasteiger partial charge in [0, 0.05) is 25.2 Å². The maximum Gasteiger partial charge on any atom is 0.317 e. The van der Waals surface area contributed by atoms with Crippen molar-refractivity contribution in [3.05, 3.63) is 42.1 Å². The van der Waals surface area contributed by atoms with Gasteiger partial charge >= 0.3 is 5.97 Å². The summed E-state index contributed by atoms with van der Waals surface area (Å²) in [4.78, 5) is 26.9. The first-order valence-electron chi connectivity index (χ1n) is 8.45. The lowest BCUT2D eigenvalue weighted by atomic mass is 10.1. The molecule has 0 saturated carbocycles. The number of hydrogen-bond donors (Lipinski definition) is 2. The van der Waals surface area contributed by atoms with E-state index in [4.69, 9.17) is 9.84 Å². The number of ether oxygens (including phenoxy) is 1. The van der Waals surface area contributed by atoms with Gasteiger partial charge in [-0.25, -0.2) is 0 Å². The van der Waals surface area contributed by atoms with E-state index in [2.05, 4.69) is 10.2 Å². The Morgan fingerprint density at radius 1 is 1.38 bits per heavy atom. The standard InChI is InChI=1S/C18H22N4O4/c1-21(12-17(23)24)10-14-11-22(7-8-26-14)18(25)16-9-15(19-20-16)13-5-3-2-4-6-13/h2-6,9,14H,7-8,10-12H2,1H3,(H,19,20)(H,23,24). The number of nitrogens with one attached hydrogen (secondary N) is 1. The number of aromatic amines is 1. The van der Waals surface area contributed by atoms with Crippen molar-refractivity contribution in [3.63, 3.8) is 0 Å². The minimum absolute atomic E-state index is 0.0607. The van der Waals surface area contributed by atoms with E-state index < -0.39 is 5.97 Å². The zero-order valence-electron chi connectivity index (χ0n) is 14.6. The highest BCUT2D eigenvalue weighted by atomic mass is 16.5. The topological polar surface area (TPSA) is 98.8 Å². The normalized spacial score (nSPS) is 17.5. The summed E-state index contributed by atoms with van der Waals surface area (Å²) in [6.45, 7) is 1.74. The Kier molecular flexibility index (Phi) is 5.65. The van der Waals surface area contributed by atoms with E-state index in [0.717, 1.165) is 11.3 Å². The average Bonchev–Trinajstić information content (AvgIpc) is 3.11. The molecule has 2 heterocycles. The van der Waals surface area contributed by atoms with Gasteiger partial charge in [0.25, 0.3) is 5.91 Å². The molecule has 8 heteroatoms. The number of carbonyl (C=O) groups is 2. The number of carbonyl (C=O) groups excluding carboxylic acids is 1. The fourth-order valence-electron chi connectivity index (χ4n) is 3.02. The SMILES string of the molecule is CN(CC(=O)O)CC1CN(C(=O)c2cc(-c3ccccc3)n[nH]2)CCO1. The van der Waals surface area contributed by atoms with E-state index in [0.29, 0.717) is 31.9 Å². The quantitative estimate of drug-likeness (QED) is 0.797. The van der Waals surface area contributed by atoms with E-state index in [9.17, 15) is 9.59 Å². The lowest BCUT2D eigenvalue weighted by Gasteiger charge is -2.34. The Morgan fingerprint density at radius 3 is 2.88 bits per heavy atom. The van der Waals surface area contributed by atoms with Crippen LogP contribution in [0.1, 0.15) is 10.5 Å². The average molecular weight is 358 g/mol. The van der Waals surface area contributed by atoms with Crippen LogP contribution in [0.2, 0.25) is 0 Å². The van der Waals surface area contributed by atoms with Gasteiger partial charge in [0.2, 0.25) is 0 Å². The second-order valence-corrected chi connectivity index (χ2v) is 6.37. The number of likely N-dealkylation sites (N-methyl/N-ethyl adjacent to an activating group) is 1. The van der Waals surface area contributed by atoms with Crippen molar-refractivity contribution in [2.75, 3.05) is 39.8 Å². The molecule has 1 unspecified atom stereocenters. The number of nitrogens with zero attached hydrogens (tertiary/aromatic N) is 3. The molecule has 0 aliphatic carbocycles. The van der Waals surface area contributed by atoms with E-state index in [1.54, 1.807) is 22.9 Å². The Hall–Kier alpha value is -2.71. The van der Waals surface area contributed by atoms with Crippen LogP contribution in [0.4, 0.5) is 0 Å². The zero-order valence-corrected chi connectivity index (χ0v) is 14.6. The van der Waals surface area contributed by atoms with Crippen molar-refractivity contribution >= 4 is 11.9 Å². The minimum atomic E-state index is -0.887. The highest BCUT2D eigenvalue weighted by Crippen LogP contribution is 2.18. The highest BCUT2D eigenvalue weighted by molar-refractivity contribution is 5.93. The Labute approximate surface area is 151 Å². The van der Waals surface area contributed by atoms with Crippen LogP contribution in [-0.4, -0.2) is 82.9 Å². The maximum absolute atomic E-state index is 12.7. The number of rotatable bonds is 6. The number of morpholine rings is 1. The molecule has 1 aromatic heterocycles. The summed E-state index contributed by atoms with van der Waals surface area (Å²) in [6, 6.07) is 11.4. The van der Waals surface area contributed by atoms with Crippen LogP contribution in [-0.2, 0) is 9.53 Å². The third-order valence-corrected chi connectivity index (χ3v) is 4.22. The molecular weight excluding hydrogens is 336 g/mol. The molecule has 3 rings (SSSR count). The molecule has 2 aromatic rings. The van der Waals surface area contributed by atoms with Crippen molar-refractivity contribution in [2.45, 2.75) is 6.10 Å². The number of aromatic nitrogens is 2. The van der Waals surface area contributed by atoms with Gasteiger partial charge in [-0.2, -0.15) is 5.10 Å². The number of hydrogen-bond acceptors (Lipinski definition) is 5. The molecule has 0 radical (unpaired) electrons. The Bertz CT molecular complexity index is 762. The number of amides is 1. The van der Waals surface area contributed by atoms with Gasteiger partial charge in [-0.05, 0) is 13.1 Å². The van der Waals surface area contributed by atoms with Crippen molar-refractivity contribution < 1.29 is 19.4 Å². The van der Waals surface area contributed by atoms with Crippen molar-refractivity contribution in [1.82, 2.24) is 20.0 Å². The summed E-state index contributed by atoms with van der Waals surface area (Å²) >= 11 is 0. The molecular formula is C18H22N4O4. The molecule has 1 saturated heterocycles. The van der Waals surface area contributed by atoms with Crippen molar-refractivity contribution in [1.29, 1.82) is 0 Å². The lowest BCUT2D eigenvalue weighted by molar-refractivity contribution is -0.138. The molecule has 138 valence electrons. The molecule has 2 N–H and O–H groups in total. The third-order valence-electron chi connectivity index (χ3n) is 4.22. The number of carboxylic acid groups (broad SMARTS) is 1. The maximum atomic E-state index is 12.7. The van der Waals surface area contributed by atoms with E-state index in [1.807, 2.05) is 30.3 Å². The summed E-state index contributed by atoms with van der Waals surface area (Å²) in [5.41, 5.74) is 2.10. The molecule has 1 amide bonds. The van der Waals surface area contributed by atoms with Gasteiger partial charge in [0.1, 0.15) is 5.69 Å². The molecule has 8 nitrogen and oxygen atoms in total.